The summed E-state index contributed by atoms with van der Waals surface area (Å²) >= 11 is 0. The number of nitrogens with zero attached hydrogens (tertiary/aromatic N) is 2. The first-order valence-electron chi connectivity index (χ1n) is 6.80. The van der Waals surface area contributed by atoms with Crippen LogP contribution in [0.1, 0.15) is 24.6 Å². The fourth-order valence-corrected chi connectivity index (χ4v) is 2.69. The van der Waals surface area contributed by atoms with Gasteiger partial charge in [0.05, 0.1) is 24.7 Å². The number of imidazole rings is 1. The topological polar surface area (TPSA) is 48.3 Å². The number of rotatable bonds is 4. The summed E-state index contributed by atoms with van der Waals surface area (Å²) in [6.07, 6.45) is 6.12. The molecule has 1 aromatic heterocycles. The molecule has 5 nitrogen and oxygen atoms in total. The molecule has 0 radical (unpaired) electrons. The van der Waals surface area contributed by atoms with Crippen LogP contribution in [-0.2, 0) is 16.0 Å². The van der Waals surface area contributed by atoms with Gasteiger partial charge >= 0.3 is 0 Å². The Bertz CT molecular complexity index is 374. The summed E-state index contributed by atoms with van der Waals surface area (Å²) in [7, 11) is 0. The van der Waals surface area contributed by atoms with Crippen molar-refractivity contribution in [2.45, 2.75) is 25.4 Å². The summed E-state index contributed by atoms with van der Waals surface area (Å²) in [5, 5.41) is 3.40. The Labute approximate surface area is 107 Å². The van der Waals surface area contributed by atoms with Crippen molar-refractivity contribution in [3.05, 3.63) is 18.2 Å². The first-order valence-corrected chi connectivity index (χ1v) is 6.80. The van der Waals surface area contributed by atoms with Crippen molar-refractivity contribution < 1.29 is 9.47 Å². The molecule has 0 aromatic carbocycles. The molecule has 3 rings (SSSR count). The van der Waals surface area contributed by atoms with Crippen molar-refractivity contribution in [2.75, 3.05) is 33.0 Å². The molecule has 100 valence electrons. The van der Waals surface area contributed by atoms with Gasteiger partial charge < -0.3 is 19.4 Å². The van der Waals surface area contributed by atoms with Gasteiger partial charge in [-0.15, -0.1) is 0 Å². The molecule has 0 amide bonds. The average molecular weight is 251 g/mol. The lowest BCUT2D eigenvalue weighted by molar-refractivity contribution is 0.0115. The van der Waals surface area contributed by atoms with E-state index < -0.39 is 0 Å². The Morgan fingerprint density at radius 1 is 1.39 bits per heavy atom. The Morgan fingerprint density at radius 2 is 2.28 bits per heavy atom. The van der Waals surface area contributed by atoms with Crippen LogP contribution in [-0.4, -0.2) is 42.5 Å². The van der Waals surface area contributed by atoms with Crippen LogP contribution in [0.15, 0.2) is 12.5 Å². The van der Waals surface area contributed by atoms with Gasteiger partial charge in [0.1, 0.15) is 0 Å². The molecule has 0 unspecified atom stereocenters. The maximum absolute atomic E-state index is 5.89. The summed E-state index contributed by atoms with van der Waals surface area (Å²) in [5.41, 5.74) is 1.25. The Balaban J connectivity index is 1.46. The third-order valence-corrected chi connectivity index (χ3v) is 3.83. The van der Waals surface area contributed by atoms with Gasteiger partial charge in [0.15, 0.2) is 0 Å². The van der Waals surface area contributed by atoms with E-state index in [0.717, 1.165) is 52.4 Å². The van der Waals surface area contributed by atoms with Crippen molar-refractivity contribution in [2.24, 2.45) is 5.92 Å². The van der Waals surface area contributed by atoms with Crippen LogP contribution in [0, 0.1) is 5.92 Å². The highest BCUT2D eigenvalue weighted by Gasteiger charge is 2.20. The highest BCUT2D eigenvalue weighted by Crippen LogP contribution is 2.18. The minimum Gasteiger partial charge on any atom is -0.381 e. The summed E-state index contributed by atoms with van der Waals surface area (Å²) in [5.74, 6) is 0.678. The van der Waals surface area contributed by atoms with Crippen molar-refractivity contribution >= 4 is 0 Å². The third-order valence-electron chi connectivity index (χ3n) is 3.83. The molecule has 0 saturated carbocycles. The van der Waals surface area contributed by atoms with E-state index in [4.69, 9.17) is 9.47 Å². The molecular weight excluding hydrogens is 230 g/mol. The SMILES string of the molecule is c1ncn2c1CNC[C@@H]2COCC1CCOCC1. The Morgan fingerprint density at radius 3 is 3.17 bits per heavy atom. The molecule has 0 spiro atoms. The second-order valence-electron chi connectivity index (χ2n) is 5.17. The monoisotopic (exact) mass is 251 g/mol. The van der Waals surface area contributed by atoms with Crippen molar-refractivity contribution in [1.29, 1.82) is 0 Å². The van der Waals surface area contributed by atoms with Gasteiger partial charge in [-0.1, -0.05) is 0 Å². The molecule has 2 aliphatic heterocycles. The van der Waals surface area contributed by atoms with Gasteiger partial charge in [0.25, 0.3) is 0 Å². The predicted octanol–water partition coefficient (Wildman–Crippen LogP) is 0.971. The zero-order valence-electron chi connectivity index (χ0n) is 10.7. The summed E-state index contributed by atoms with van der Waals surface area (Å²) in [6, 6.07) is 0.385. The number of hydrogen-bond acceptors (Lipinski definition) is 4. The first kappa shape index (κ1) is 12.1. The Kier molecular flexibility index (Phi) is 3.93. The lowest BCUT2D eigenvalue weighted by Crippen LogP contribution is -2.35. The van der Waals surface area contributed by atoms with Crippen LogP contribution in [0.4, 0.5) is 0 Å². The second kappa shape index (κ2) is 5.82. The molecule has 1 atom stereocenters. The number of nitrogens with one attached hydrogen (secondary N) is 1. The minimum atomic E-state index is 0.385. The van der Waals surface area contributed by atoms with E-state index in [9.17, 15) is 0 Å². The number of hydrogen-bond donors (Lipinski definition) is 1. The first-order chi connectivity index (χ1) is 8.93. The van der Waals surface area contributed by atoms with Crippen LogP contribution in [0.25, 0.3) is 0 Å². The highest BCUT2D eigenvalue weighted by molar-refractivity contribution is 5.03. The second-order valence-corrected chi connectivity index (χ2v) is 5.17. The molecule has 1 N–H and O–H groups in total. The molecule has 1 fully saturated rings. The standard InChI is InChI=1S/C13H21N3O2/c1-3-17-4-2-11(1)8-18-9-13-7-14-5-12-6-15-10-16(12)13/h6,10-11,13-14H,1-5,7-9H2/t13-/m1/s1. The van der Waals surface area contributed by atoms with Gasteiger partial charge in [-0.05, 0) is 18.8 Å². The zero-order chi connectivity index (χ0) is 12.2. The molecule has 1 saturated heterocycles. The summed E-state index contributed by atoms with van der Waals surface area (Å²) in [4.78, 5) is 4.20. The van der Waals surface area contributed by atoms with E-state index in [1.807, 2.05) is 12.5 Å². The van der Waals surface area contributed by atoms with Crippen molar-refractivity contribution in [3.8, 4) is 0 Å². The highest BCUT2D eigenvalue weighted by atomic mass is 16.5. The largest absolute Gasteiger partial charge is 0.381 e. The van der Waals surface area contributed by atoms with E-state index in [2.05, 4.69) is 14.9 Å². The van der Waals surface area contributed by atoms with Crippen LogP contribution in [0.2, 0.25) is 0 Å². The van der Waals surface area contributed by atoms with Gasteiger partial charge in [0.2, 0.25) is 0 Å². The van der Waals surface area contributed by atoms with E-state index in [1.54, 1.807) is 0 Å². The van der Waals surface area contributed by atoms with E-state index >= 15 is 0 Å². The number of ether oxygens (including phenoxy) is 2. The lowest BCUT2D eigenvalue weighted by Gasteiger charge is -2.27. The van der Waals surface area contributed by atoms with Gasteiger partial charge in [-0.2, -0.15) is 0 Å². The summed E-state index contributed by atoms with van der Waals surface area (Å²) in [6.45, 7) is 5.31. The normalized spacial score (nSPS) is 25.0. The Hall–Kier alpha value is -0.910. The molecule has 0 bridgehead atoms. The van der Waals surface area contributed by atoms with E-state index in [0.29, 0.717) is 12.0 Å². The molecule has 0 aliphatic carbocycles. The fraction of sp³-hybridized carbons (Fsp3) is 0.769. The van der Waals surface area contributed by atoms with Crippen LogP contribution < -0.4 is 5.32 Å². The quantitative estimate of drug-likeness (QED) is 0.866. The van der Waals surface area contributed by atoms with Gasteiger partial charge in [-0.3, -0.25) is 0 Å². The maximum Gasteiger partial charge on any atom is 0.0952 e. The lowest BCUT2D eigenvalue weighted by atomic mass is 10.0. The third kappa shape index (κ3) is 2.74. The van der Waals surface area contributed by atoms with Crippen LogP contribution in [0.3, 0.4) is 0 Å². The van der Waals surface area contributed by atoms with E-state index in [-0.39, 0.29) is 0 Å². The summed E-state index contributed by atoms with van der Waals surface area (Å²) < 4.78 is 13.5. The molecular formula is C13H21N3O2. The van der Waals surface area contributed by atoms with Crippen LogP contribution in [0.5, 0.6) is 0 Å². The predicted molar refractivity (Wildman–Crippen MR) is 67.3 cm³/mol. The molecule has 2 aliphatic rings. The van der Waals surface area contributed by atoms with Crippen molar-refractivity contribution in [1.82, 2.24) is 14.9 Å². The molecule has 1 aromatic rings. The van der Waals surface area contributed by atoms with Gasteiger partial charge in [0, 0.05) is 39.1 Å². The molecule has 3 heterocycles. The van der Waals surface area contributed by atoms with Gasteiger partial charge in [-0.25, -0.2) is 4.98 Å². The number of aromatic nitrogens is 2. The average Bonchev–Trinajstić information content (AvgIpc) is 2.89. The molecule has 18 heavy (non-hydrogen) atoms. The maximum atomic E-state index is 5.89. The zero-order valence-corrected chi connectivity index (χ0v) is 10.7. The van der Waals surface area contributed by atoms with Crippen molar-refractivity contribution in [3.63, 3.8) is 0 Å². The number of fused-ring (bicyclic) bond motifs is 1. The fourth-order valence-electron chi connectivity index (χ4n) is 2.69. The molecule has 5 heteroatoms. The smallest absolute Gasteiger partial charge is 0.0952 e. The van der Waals surface area contributed by atoms with Crippen LogP contribution >= 0.6 is 0 Å². The minimum absolute atomic E-state index is 0.385. The van der Waals surface area contributed by atoms with E-state index in [1.165, 1.54) is 5.69 Å².